The Morgan fingerprint density at radius 1 is 1.00 bits per heavy atom. The van der Waals surface area contributed by atoms with Gasteiger partial charge in [-0.2, -0.15) is 5.10 Å². The molecule has 3 amide bonds. The summed E-state index contributed by atoms with van der Waals surface area (Å²) in [6.07, 6.45) is 1.35. The molecule has 0 aromatic heterocycles. The maximum absolute atomic E-state index is 12.0. The minimum Gasteiger partial charge on any atom is -0.494 e. The summed E-state index contributed by atoms with van der Waals surface area (Å²) in [5.41, 5.74) is 3.35. The number of carbonyl (C=O) groups excluding carboxylic acids is 3. The van der Waals surface area contributed by atoms with Gasteiger partial charge >= 0.3 is 11.8 Å². The van der Waals surface area contributed by atoms with Gasteiger partial charge in [0, 0.05) is 12.7 Å². The normalized spacial score (nSPS) is 10.3. The third kappa shape index (κ3) is 7.33. The Morgan fingerprint density at radius 2 is 1.76 bits per heavy atom. The second-order valence-electron chi connectivity index (χ2n) is 5.64. The molecule has 0 bridgehead atoms. The molecule has 0 spiro atoms. The minimum absolute atomic E-state index is 0.179. The van der Waals surface area contributed by atoms with Gasteiger partial charge in [-0.25, -0.2) is 5.43 Å². The van der Waals surface area contributed by atoms with E-state index in [9.17, 15) is 14.4 Å². The molecule has 0 aliphatic rings. The second-order valence-corrected chi connectivity index (χ2v) is 5.64. The van der Waals surface area contributed by atoms with Crippen LogP contribution in [0.15, 0.2) is 53.6 Å². The molecule has 0 aliphatic carbocycles. The fourth-order valence-corrected chi connectivity index (χ4v) is 2.16. The predicted molar refractivity (Wildman–Crippen MR) is 108 cm³/mol. The highest BCUT2D eigenvalue weighted by Gasteiger charge is 2.09. The summed E-state index contributed by atoms with van der Waals surface area (Å²) < 4.78 is 10.8. The van der Waals surface area contributed by atoms with Gasteiger partial charge in [-0.15, -0.1) is 0 Å². The maximum Gasteiger partial charge on any atom is 0.329 e. The molecule has 29 heavy (non-hydrogen) atoms. The van der Waals surface area contributed by atoms with Crippen LogP contribution < -0.4 is 25.5 Å². The van der Waals surface area contributed by atoms with Crippen molar-refractivity contribution in [2.24, 2.45) is 5.10 Å². The van der Waals surface area contributed by atoms with Gasteiger partial charge in [-0.1, -0.05) is 12.1 Å². The Kier molecular flexibility index (Phi) is 8.18. The first-order chi connectivity index (χ1) is 14.0. The van der Waals surface area contributed by atoms with Gasteiger partial charge in [0.1, 0.15) is 11.5 Å². The van der Waals surface area contributed by atoms with E-state index in [2.05, 4.69) is 21.2 Å². The van der Waals surface area contributed by atoms with Crippen molar-refractivity contribution in [2.75, 3.05) is 25.6 Å². The zero-order chi connectivity index (χ0) is 21.1. The second kappa shape index (κ2) is 11.1. The first-order valence-corrected chi connectivity index (χ1v) is 8.82. The fourth-order valence-electron chi connectivity index (χ4n) is 2.16. The van der Waals surface area contributed by atoms with Crippen LogP contribution in [0.4, 0.5) is 5.69 Å². The molecule has 0 aliphatic heterocycles. The van der Waals surface area contributed by atoms with Gasteiger partial charge < -0.3 is 20.1 Å². The average Bonchev–Trinajstić information content (AvgIpc) is 2.73. The molecular formula is C20H22N4O5. The molecule has 152 valence electrons. The standard InChI is InChI=1S/C20H22N4O5/c1-3-28-16-9-7-15(8-10-16)23-18(25)13-29-17-6-4-5-14(11-17)12-22-24-20(27)19(26)21-2/h4-12H,3,13H2,1-2H3,(H,21,26)(H,23,25)(H,24,27)/b22-12-. The van der Waals surface area contributed by atoms with Crippen LogP contribution in [0.1, 0.15) is 12.5 Å². The summed E-state index contributed by atoms with van der Waals surface area (Å²) in [6, 6.07) is 13.8. The van der Waals surface area contributed by atoms with E-state index in [0.29, 0.717) is 23.6 Å². The molecule has 2 aromatic rings. The van der Waals surface area contributed by atoms with Crippen LogP contribution in [0.25, 0.3) is 0 Å². The minimum atomic E-state index is -0.873. The smallest absolute Gasteiger partial charge is 0.329 e. The van der Waals surface area contributed by atoms with E-state index < -0.39 is 11.8 Å². The molecule has 0 radical (unpaired) electrons. The lowest BCUT2D eigenvalue weighted by molar-refractivity contribution is -0.138. The third-order valence-corrected chi connectivity index (χ3v) is 3.49. The van der Waals surface area contributed by atoms with Gasteiger partial charge in [0.2, 0.25) is 0 Å². The van der Waals surface area contributed by atoms with E-state index in [1.807, 2.05) is 6.92 Å². The number of anilines is 1. The predicted octanol–water partition coefficient (Wildman–Crippen LogP) is 1.30. The Morgan fingerprint density at radius 3 is 2.45 bits per heavy atom. The van der Waals surface area contributed by atoms with Crippen LogP contribution >= 0.6 is 0 Å². The Labute approximate surface area is 168 Å². The lowest BCUT2D eigenvalue weighted by atomic mass is 10.2. The van der Waals surface area contributed by atoms with Crippen LogP contribution in [0, 0.1) is 0 Å². The van der Waals surface area contributed by atoms with Crippen molar-refractivity contribution >= 4 is 29.6 Å². The van der Waals surface area contributed by atoms with Crippen molar-refractivity contribution in [3.8, 4) is 11.5 Å². The zero-order valence-electron chi connectivity index (χ0n) is 16.1. The van der Waals surface area contributed by atoms with Gasteiger partial charge in [0.15, 0.2) is 6.61 Å². The summed E-state index contributed by atoms with van der Waals surface area (Å²) in [5, 5.41) is 8.61. The molecular weight excluding hydrogens is 376 g/mol. The number of nitrogens with one attached hydrogen (secondary N) is 3. The summed E-state index contributed by atoms with van der Waals surface area (Å²) in [6.45, 7) is 2.29. The first-order valence-electron chi connectivity index (χ1n) is 8.82. The van der Waals surface area contributed by atoms with Gasteiger partial charge in [-0.05, 0) is 48.9 Å². The third-order valence-electron chi connectivity index (χ3n) is 3.49. The topological polar surface area (TPSA) is 118 Å². The zero-order valence-corrected chi connectivity index (χ0v) is 16.1. The van der Waals surface area contributed by atoms with Crippen molar-refractivity contribution in [3.05, 3.63) is 54.1 Å². The number of nitrogens with zero attached hydrogens (tertiary/aromatic N) is 1. The molecule has 0 saturated heterocycles. The van der Waals surface area contributed by atoms with Crippen molar-refractivity contribution < 1.29 is 23.9 Å². The highest BCUT2D eigenvalue weighted by Crippen LogP contribution is 2.16. The molecule has 9 nitrogen and oxygen atoms in total. The first kappa shape index (κ1) is 21.4. The average molecular weight is 398 g/mol. The summed E-state index contributed by atoms with van der Waals surface area (Å²) in [7, 11) is 1.35. The number of benzene rings is 2. The lowest BCUT2D eigenvalue weighted by Crippen LogP contribution is -2.35. The number of ether oxygens (including phenoxy) is 2. The number of likely N-dealkylation sites (N-methyl/N-ethyl adjacent to an activating group) is 1. The summed E-state index contributed by atoms with van der Waals surface area (Å²) >= 11 is 0. The number of hydrogen-bond acceptors (Lipinski definition) is 6. The van der Waals surface area contributed by atoms with Crippen LogP contribution in [-0.2, 0) is 14.4 Å². The van der Waals surface area contributed by atoms with Crippen LogP contribution in [0.3, 0.4) is 0 Å². The number of amides is 3. The summed E-state index contributed by atoms with van der Waals surface area (Å²) in [4.78, 5) is 34.4. The Balaban J connectivity index is 1.84. The number of carbonyl (C=O) groups is 3. The van der Waals surface area contributed by atoms with Gasteiger partial charge in [0.25, 0.3) is 5.91 Å². The number of rotatable bonds is 8. The number of hydrogen-bond donors (Lipinski definition) is 3. The monoisotopic (exact) mass is 398 g/mol. The lowest BCUT2D eigenvalue weighted by Gasteiger charge is -2.09. The van der Waals surface area contributed by atoms with Crippen molar-refractivity contribution in [2.45, 2.75) is 6.92 Å². The molecule has 3 N–H and O–H groups in total. The van der Waals surface area contributed by atoms with Crippen molar-refractivity contribution in [1.29, 1.82) is 0 Å². The molecule has 2 rings (SSSR count). The van der Waals surface area contributed by atoms with E-state index in [1.54, 1.807) is 48.5 Å². The Bertz CT molecular complexity index is 881. The quantitative estimate of drug-likeness (QED) is 0.352. The maximum atomic E-state index is 12.0. The molecule has 0 heterocycles. The highest BCUT2D eigenvalue weighted by atomic mass is 16.5. The molecule has 0 unspecified atom stereocenters. The van der Waals surface area contributed by atoms with E-state index in [-0.39, 0.29) is 12.5 Å². The molecule has 0 fully saturated rings. The van der Waals surface area contributed by atoms with E-state index in [4.69, 9.17) is 9.47 Å². The molecule has 9 heteroatoms. The largest absolute Gasteiger partial charge is 0.494 e. The van der Waals surface area contributed by atoms with E-state index in [1.165, 1.54) is 13.3 Å². The Hall–Kier alpha value is -3.88. The van der Waals surface area contributed by atoms with Crippen LogP contribution in [0.2, 0.25) is 0 Å². The van der Waals surface area contributed by atoms with Crippen molar-refractivity contribution in [1.82, 2.24) is 10.7 Å². The van der Waals surface area contributed by atoms with E-state index in [0.717, 1.165) is 5.75 Å². The summed E-state index contributed by atoms with van der Waals surface area (Å²) in [5.74, 6) is -0.800. The number of hydrazone groups is 1. The van der Waals surface area contributed by atoms with Gasteiger partial charge in [0.05, 0.1) is 12.8 Å². The SMILES string of the molecule is CCOc1ccc(NC(=O)COc2cccc(/C=N\NC(=O)C(=O)NC)c2)cc1. The van der Waals surface area contributed by atoms with E-state index >= 15 is 0 Å². The van der Waals surface area contributed by atoms with Crippen LogP contribution in [0.5, 0.6) is 11.5 Å². The molecule has 2 aromatic carbocycles. The van der Waals surface area contributed by atoms with Crippen molar-refractivity contribution in [3.63, 3.8) is 0 Å². The molecule has 0 atom stereocenters. The molecule has 0 saturated carbocycles. The van der Waals surface area contributed by atoms with Gasteiger partial charge in [-0.3, -0.25) is 14.4 Å². The fraction of sp³-hybridized carbons (Fsp3) is 0.200. The highest BCUT2D eigenvalue weighted by molar-refractivity contribution is 6.35. The van der Waals surface area contributed by atoms with Crippen LogP contribution in [-0.4, -0.2) is 44.2 Å².